The molecule has 0 aromatic carbocycles. The predicted octanol–water partition coefficient (Wildman–Crippen LogP) is 1.56. The largest absolute Gasteiger partial charge is 0.463 e. The van der Waals surface area contributed by atoms with Crippen molar-refractivity contribution in [1.29, 1.82) is 0 Å². The van der Waals surface area contributed by atoms with Gasteiger partial charge in [0.15, 0.2) is 5.76 Å². The van der Waals surface area contributed by atoms with Crippen LogP contribution in [0.3, 0.4) is 0 Å². The molecule has 0 fully saturated rings. The number of furan rings is 1. The highest BCUT2D eigenvalue weighted by molar-refractivity contribution is 5.57. The van der Waals surface area contributed by atoms with Crippen LogP contribution in [0.2, 0.25) is 0 Å². The van der Waals surface area contributed by atoms with E-state index in [-0.39, 0.29) is 6.61 Å². The van der Waals surface area contributed by atoms with E-state index < -0.39 is 0 Å². The first-order chi connectivity index (χ1) is 8.35. The number of likely N-dealkylation sites (N-methyl/N-ethyl adjacent to an activating group) is 1. The molecule has 90 valence electrons. The maximum absolute atomic E-state index is 8.98. The molecule has 0 radical (unpaired) electrons. The van der Waals surface area contributed by atoms with Crippen molar-refractivity contribution in [1.82, 2.24) is 9.97 Å². The zero-order valence-corrected chi connectivity index (χ0v) is 9.71. The Morgan fingerprint density at radius 1 is 1.41 bits per heavy atom. The molecule has 0 saturated carbocycles. The molecule has 0 aliphatic heterocycles. The van der Waals surface area contributed by atoms with Crippen LogP contribution in [-0.4, -0.2) is 34.8 Å². The molecular weight excluding hydrogens is 218 g/mol. The lowest BCUT2D eigenvalue weighted by molar-refractivity contribution is 0.302. The highest BCUT2D eigenvalue weighted by atomic mass is 16.3. The van der Waals surface area contributed by atoms with Crippen LogP contribution in [0.25, 0.3) is 11.5 Å². The van der Waals surface area contributed by atoms with Crippen molar-refractivity contribution in [3.8, 4) is 11.5 Å². The molecule has 1 N–H and O–H groups in total. The summed E-state index contributed by atoms with van der Waals surface area (Å²) in [5, 5.41) is 8.98. The summed E-state index contributed by atoms with van der Waals surface area (Å²) in [6.45, 7) is 3.47. The van der Waals surface area contributed by atoms with Gasteiger partial charge < -0.3 is 14.4 Å². The van der Waals surface area contributed by atoms with Gasteiger partial charge in [0.05, 0.1) is 12.9 Å². The molecule has 2 heterocycles. The van der Waals surface area contributed by atoms with E-state index in [4.69, 9.17) is 9.52 Å². The third-order valence-electron chi connectivity index (χ3n) is 2.50. The van der Waals surface area contributed by atoms with Gasteiger partial charge >= 0.3 is 0 Å². The Balaban J connectivity index is 2.27. The molecule has 0 bridgehead atoms. The lowest BCUT2D eigenvalue weighted by Crippen LogP contribution is -2.27. The van der Waals surface area contributed by atoms with Crippen LogP contribution in [0.15, 0.2) is 35.2 Å². The van der Waals surface area contributed by atoms with Crippen molar-refractivity contribution >= 4 is 5.82 Å². The maximum Gasteiger partial charge on any atom is 0.152 e. The van der Waals surface area contributed by atoms with E-state index in [1.54, 1.807) is 6.26 Å². The predicted molar refractivity (Wildman–Crippen MR) is 64.7 cm³/mol. The maximum atomic E-state index is 8.98. The van der Waals surface area contributed by atoms with Gasteiger partial charge in [-0.05, 0) is 19.1 Å². The first-order valence-corrected chi connectivity index (χ1v) is 5.57. The van der Waals surface area contributed by atoms with E-state index in [1.807, 2.05) is 30.0 Å². The summed E-state index contributed by atoms with van der Waals surface area (Å²) in [6, 6.07) is 5.54. The molecule has 5 nitrogen and oxygen atoms in total. The number of aliphatic hydroxyl groups excluding tert-OH is 1. The minimum Gasteiger partial charge on any atom is -0.463 e. The molecular formula is C12H15N3O2. The van der Waals surface area contributed by atoms with Gasteiger partial charge in [0.1, 0.15) is 17.8 Å². The van der Waals surface area contributed by atoms with Gasteiger partial charge in [-0.1, -0.05) is 0 Å². The fourth-order valence-electron chi connectivity index (χ4n) is 1.63. The molecule has 5 heteroatoms. The highest BCUT2D eigenvalue weighted by Crippen LogP contribution is 2.20. The van der Waals surface area contributed by atoms with Crippen LogP contribution >= 0.6 is 0 Å². The zero-order chi connectivity index (χ0) is 12.1. The smallest absolute Gasteiger partial charge is 0.152 e. The minimum absolute atomic E-state index is 0.105. The van der Waals surface area contributed by atoms with E-state index in [9.17, 15) is 0 Å². The zero-order valence-electron chi connectivity index (χ0n) is 9.71. The van der Waals surface area contributed by atoms with Crippen LogP contribution in [0.5, 0.6) is 0 Å². The number of hydrogen-bond donors (Lipinski definition) is 1. The number of rotatable bonds is 5. The lowest BCUT2D eigenvalue weighted by Gasteiger charge is -2.20. The molecule has 0 amide bonds. The van der Waals surface area contributed by atoms with Crippen LogP contribution in [0.1, 0.15) is 6.92 Å². The Kier molecular flexibility index (Phi) is 3.72. The Morgan fingerprint density at radius 2 is 2.29 bits per heavy atom. The molecule has 2 aromatic rings. The number of nitrogens with zero attached hydrogens (tertiary/aromatic N) is 3. The van der Waals surface area contributed by atoms with Crippen LogP contribution in [0.4, 0.5) is 5.82 Å². The highest BCUT2D eigenvalue weighted by Gasteiger charge is 2.08. The molecule has 2 aromatic heterocycles. The topological polar surface area (TPSA) is 62.4 Å². The van der Waals surface area contributed by atoms with Crippen LogP contribution in [0, 0.1) is 0 Å². The average Bonchev–Trinajstić information content (AvgIpc) is 2.90. The molecule has 0 aliphatic carbocycles. The van der Waals surface area contributed by atoms with Gasteiger partial charge in [0.2, 0.25) is 0 Å². The molecule has 0 atom stereocenters. The van der Waals surface area contributed by atoms with Crippen molar-refractivity contribution in [3.63, 3.8) is 0 Å². The van der Waals surface area contributed by atoms with Crippen LogP contribution < -0.4 is 4.90 Å². The van der Waals surface area contributed by atoms with E-state index in [0.29, 0.717) is 12.3 Å². The van der Waals surface area contributed by atoms with Gasteiger partial charge in [0.25, 0.3) is 0 Å². The molecule has 0 saturated heterocycles. The number of anilines is 1. The summed E-state index contributed by atoms with van der Waals surface area (Å²) in [5.74, 6) is 1.51. The van der Waals surface area contributed by atoms with Crippen molar-refractivity contribution in [2.45, 2.75) is 6.92 Å². The van der Waals surface area contributed by atoms with Gasteiger partial charge in [-0.25, -0.2) is 9.97 Å². The fourth-order valence-corrected chi connectivity index (χ4v) is 1.63. The first-order valence-electron chi connectivity index (χ1n) is 5.57. The second-order valence-electron chi connectivity index (χ2n) is 3.54. The molecule has 0 spiro atoms. The summed E-state index contributed by atoms with van der Waals surface area (Å²) < 4.78 is 5.29. The third kappa shape index (κ3) is 2.62. The summed E-state index contributed by atoms with van der Waals surface area (Å²) in [5.41, 5.74) is 0.747. The van der Waals surface area contributed by atoms with Crippen molar-refractivity contribution < 1.29 is 9.52 Å². The SMILES string of the molecule is CCN(CCO)c1cc(-c2ccco2)ncn1. The minimum atomic E-state index is 0.105. The monoisotopic (exact) mass is 233 g/mol. The standard InChI is InChI=1S/C12H15N3O2/c1-2-15(5-6-16)12-8-10(13-9-14-12)11-4-3-7-17-11/h3-4,7-9,16H,2,5-6H2,1H3. The van der Waals surface area contributed by atoms with Gasteiger partial charge in [-0.3, -0.25) is 0 Å². The number of hydrogen-bond acceptors (Lipinski definition) is 5. The number of aliphatic hydroxyl groups is 1. The second-order valence-corrected chi connectivity index (χ2v) is 3.54. The van der Waals surface area contributed by atoms with E-state index in [2.05, 4.69) is 9.97 Å². The average molecular weight is 233 g/mol. The Morgan fingerprint density at radius 3 is 2.94 bits per heavy atom. The first kappa shape index (κ1) is 11.6. The molecule has 0 aliphatic rings. The summed E-state index contributed by atoms with van der Waals surface area (Å²) >= 11 is 0. The van der Waals surface area contributed by atoms with Crippen molar-refractivity contribution in [2.75, 3.05) is 24.6 Å². The summed E-state index contributed by atoms with van der Waals surface area (Å²) in [4.78, 5) is 10.3. The van der Waals surface area contributed by atoms with Crippen molar-refractivity contribution in [2.24, 2.45) is 0 Å². The Bertz CT molecular complexity index is 457. The quantitative estimate of drug-likeness (QED) is 0.849. The van der Waals surface area contributed by atoms with E-state index in [1.165, 1.54) is 6.33 Å². The lowest BCUT2D eigenvalue weighted by atomic mass is 10.3. The fraction of sp³-hybridized carbons (Fsp3) is 0.333. The molecule has 0 unspecified atom stereocenters. The Labute approximate surface area is 99.7 Å². The summed E-state index contributed by atoms with van der Waals surface area (Å²) in [6.07, 6.45) is 3.12. The second kappa shape index (κ2) is 5.45. The molecule has 2 rings (SSSR count). The number of aromatic nitrogens is 2. The van der Waals surface area contributed by atoms with E-state index >= 15 is 0 Å². The van der Waals surface area contributed by atoms with Crippen LogP contribution in [-0.2, 0) is 0 Å². The van der Waals surface area contributed by atoms with Gasteiger partial charge in [-0.2, -0.15) is 0 Å². The Hall–Kier alpha value is -1.88. The normalized spacial score (nSPS) is 10.5. The van der Waals surface area contributed by atoms with Gasteiger partial charge in [0, 0.05) is 19.2 Å². The molecule has 17 heavy (non-hydrogen) atoms. The third-order valence-corrected chi connectivity index (χ3v) is 2.50. The van der Waals surface area contributed by atoms with E-state index in [0.717, 1.165) is 18.1 Å². The summed E-state index contributed by atoms with van der Waals surface area (Å²) in [7, 11) is 0. The van der Waals surface area contributed by atoms with Gasteiger partial charge in [-0.15, -0.1) is 0 Å². The van der Waals surface area contributed by atoms with Crippen molar-refractivity contribution in [3.05, 3.63) is 30.8 Å².